The van der Waals surface area contributed by atoms with Crippen molar-refractivity contribution in [2.75, 3.05) is 13.1 Å². The van der Waals surface area contributed by atoms with E-state index in [-0.39, 0.29) is 5.91 Å². The molecule has 0 spiro atoms. The van der Waals surface area contributed by atoms with Crippen molar-refractivity contribution in [1.82, 2.24) is 9.88 Å². The van der Waals surface area contributed by atoms with Crippen LogP contribution in [0.25, 0.3) is 10.9 Å². The normalized spacial score (nSPS) is 19.1. The maximum absolute atomic E-state index is 12.9. The molecule has 0 bridgehead atoms. The highest BCUT2D eigenvalue weighted by molar-refractivity contribution is 6.04. The lowest BCUT2D eigenvalue weighted by Gasteiger charge is -2.31. The Morgan fingerprint density at radius 1 is 1.15 bits per heavy atom. The number of carbonyl (C=O) groups is 2. The second-order valence-corrected chi connectivity index (χ2v) is 7.94. The summed E-state index contributed by atoms with van der Waals surface area (Å²) in [5.74, 6) is 0.546. The SMILES string of the molecule is CC1CCN(C(=O)C(C)OC(=O)c2cc(C3CC3)nc3ccccc23)CC1. The quantitative estimate of drug-likeness (QED) is 0.770. The van der Waals surface area contributed by atoms with Crippen molar-refractivity contribution in [1.29, 1.82) is 0 Å². The number of hydrogen-bond donors (Lipinski definition) is 0. The van der Waals surface area contributed by atoms with E-state index >= 15 is 0 Å². The van der Waals surface area contributed by atoms with E-state index in [4.69, 9.17) is 9.72 Å². The van der Waals surface area contributed by atoms with Gasteiger partial charge >= 0.3 is 5.97 Å². The van der Waals surface area contributed by atoms with Gasteiger partial charge in [-0.3, -0.25) is 9.78 Å². The van der Waals surface area contributed by atoms with Crippen molar-refractivity contribution < 1.29 is 14.3 Å². The Morgan fingerprint density at radius 2 is 1.85 bits per heavy atom. The summed E-state index contributed by atoms with van der Waals surface area (Å²) in [7, 11) is 0. The van der Waals surface area contributed by atoms with Crippen LogP contribution in [-0.2, 0) is 9.53 Å². The molecular weight excluding hydrogens is 340 g/mol. The largest absolute Gasteiger partial charge is 0.449 e. The number of carbonyl (C=O) groups excluding carboxylic acids is 2. The van der Waals surface area contributed by atoms with Crippen molar-refractivity contribution in [3.8, 4) is 0 Å². The molecule has 5 nitrogen and oxygen atoms in total. The number of fused-ring (bicyclic) bond motifs is 1. The molecule has 1 atom stereocenters. The molecule has 1 unspecified atom stereocenters. The fourth-order valence-electron chi connectivity index (χ4n) is 3.71. The fourth-order valence-corrected chi connectivity index (χ4v) is 3.71. The number of nitrogens with zero attached hydrogens (tertiary/aromatic N) is 2. The zero-order valence-electron chi connectivity index (χ0n) is 16.0. The molecule has 0 N–H and O–H groups in total. The topological polar surface area (TPSA) is 59.5 Å². The minimum Gasteiger partial charge on any atom is -0.449 e. The van der Waals surface area contributed by atoms with Crippen LogP contribution < -0.4 is 0 Å². The van der Waals surface area contributed by atoms with Gasteiger partial charge in [0.05, 0.1) is 11.1 Å². The van der Waals surface area contributed by atoms with E-state index in [2.05, 4.69) is 6.92 Å². The number of pyridine rings is 1. The summed E-state index contributed by atoms with van der Waals surface area (Å²) in [6, 6.07) is 9.46. The van der Waals surface area contributed by atoms with Gasteiger partial charge in [-0.1, -0.05) is 25.1 Å². The third-order valence-corrected chi connectivity index (χ3v) is 5.68. The van der Waals surface area contributed by atoms with E-state index in [0.717, 1.165) is 55.4 Å². The van der Waals surface area contributed by atoms with Crippen LogP contribution in [0.4, 0.5) is 0 Å². The van der Waals surface area contributed by atoms with Crippen LogP contribution >= 0.6 is 0 Å². The molecule has 1 aliphatic heterocycles. The highest BCUT2D eigenvalue weighted by Crippen LogP contribution is 2.40. The van der Waals surface area contributed by atoms with Crippen LogP contribution in [0.2, 0.25) is 0 Å². The molecule has 2 aromatic rings. The number of piperidine rings is 1. The van der Waals surface area contributed by atoms with Crippen molar-refractivity contribution >= 4 is 22.8 Å². The van der Waals surface area contributed by atoms with E-state index in [0.29, 0.717) is 17.4 Å². The van der Waals surface area contributed by atoms with E-state index in [1.807, 2.05) is 35.2 Å². The zero-order valence-corrected chi connectivity index (χ0v) is 16.0. The second kappa shape index (κ2) is 7.29. The van der Waals surface area contributed by atoms with Crippen LogP contribution in [0.5, 0.6) is 0 Å². The van der Waals surface area contributed by atoms with E-state index < -0.39 is 12.1 Å². The predicted octanol–water partition coefficient (Wildman–Crippen LogP) is 3.92. The minimum atomic E-state index is -0.776. The monoisotopic (exact) mass is 366 g/mol. The standard InChI is InChI=1S/C22H26N2O3/c1-14-9-11-24(12-10-14)21(25)15(2)27-22(26)18-13-20(16-7-8-16)23-19-6-4-3-5-17(18)19/h3-6,13-16H,7-12H2,1-2H3. The second-order valence-electron chi connectivity index (χ2n) is 7.94. The first-order valence-corrected chi connectivity index (χ1v) is 9.92. The summed E-state index contributed by atoms with van der Waals surface area (Å²) in [6.45, 7) is 5.36. The predicted molar refractivity (Wildman–Crippen MR) is 104 cm³/mol. The van der Waals surface area contributed by atoms with Gasteiger partial charge in [0, 0.05) is 30.1 Å². The van der Waals surface area contributed by atoms with Gasteiger partial charge in [0.2, 0.25) is 0 Å². The number of rotatable bonds is 4. The first-order valence-electron chi connectivity index (χ1n) is 9.92. The average molecular weight is 366 g/mol. The lowest BCUT2D eigenvalue weighted by atomic mass is 9.99. The van der Waals surface area contributed by atoms with Crippen molar-refractivity contribution in [2.24, 2.45) is 5.92 Å². The Bertz CT molecular complexity index is 867. The van der Waals surface area contributed by atoms with Crippen LogP contribution in [0.3, 0.4) is 0 Å². The number of aromatic nitrogens is 1. The van der Waals surface area contributed by atoms with Gasteiger partial charge in [0.25, 0.3) is 5.91 Å². The molecule has 0 radical (unpaired) electrons. The van der Waals surface area contributed by atoms with Crippen LogP contribution in [0, 0.1) is 5.92 Å². The van der Waals surface area contributed by atoms with Crippen LogP contribution in [-0.4, -0.2) is 41.0 Å². The molecule has 1 aromatic carbocycles. The van der Waals surface area contributed by atoms with E-state index in [1.165, 1.54) is 0 Å². The first-order chi connectivity index (χ1) is 13.0. The third kappa shape index (κ3) is 3.82. The highest BCUT2D eigenvalue weighted by atomic mass is 16.5. The molecule has 1 amide bonds. The Labute approximate surface area is 159 Å². The summed E-state index contributed by atoms with van der Waals surface area (Å²) >= 11 is 0. The Kier molecular flexibility index (Phi) is 4.85. The minimum absolute atomic E-state index is 0.101. The molecular formula is C22H26N2O3. The van der Waals surface area contributed by atoms with Crippen LogP contribution in [0.1, 0.15) is 61.5 Å². The van der Waals surface area contributed by atoms with E-state index in [9.17, 15) is 9.59 Å². The average Bonchev–Trinajstić information content (AvgIpc) is 3.52. The molecule has 1 aromatic heterocycles. The number of amides is 1. The molecule has 1 saturated heterocycles. The van der Waals surface area contributed by atoms with Gasteiger partial charge in [-0.2, -0.15) is 0 Å². The van der Waals surface area contributed by atoms with Crippen LogP contribution in [0.15, 0.2) is 30.3 Å². The van der Waals surface area contributed by atoms with Gasteiger partial charge in [0.15, 0.2) is 6.10 Å². The van der Waals surface area contributed by atoms with Gasteiger partial charge in [-0.25, -0.2) is 4.79 Å². The Hall–Kier alpha value is -2.43. The number of para-hydroxylation sites is 1. The Morgan fingerprint density at radius 3 is 2.56 bits per heavy atom. The summed E-state index contributed by atoms with van der Waals surface area (Å²) in [5, 5.41) is 0.776. The van der Waals surface area contributed by atoms with E-state index in [1.54, 1.807) is 6.92 Å². The molecule has 1 aliphatic carbocycles. The molecule has 5 heteroatoms. The lowest BCUT2D eigenvalue weighted by Crippen LogP contribution is -2.44. The van der Waals surface area contributed by atoms with Crippen molar-refractivity contribution in [2.45, 2.75) is 51.6 Å². The van der Waals surface area contributed by atoms with Gasteiger partial charge in [-0.15, -0.1) is 0 Å². The maximum atomic E-state index is 12.9. The molecule has 142 valence electrons. The number of likely N-dealkylation sites (tertiary alicyclic amines) is 1. The Balaban J connectivity index is 1.53. The van der Waals surface area contributed by atoms with Gasteiger partial charge in [-0.05, 0) is 50.7 Å². The maximum Gasteiger partial charge on any atom is 0.339 e. The third-order valence-electron chi connectivity index (χ3n) is 5.68. The molecule has 2 fully saturated rings. The fraction of sp³-hybridized carbons (Fsp3) is 0.500. The smallest absolute Gasteiger partial charge is 0.339 e. The number of esters is 1. The first kappa shape index (κ1) is 18.0. The van der Waals surface area contributed by atoms with Gasteiger partial charge in [0.1, 0.15) is 0 Å². The molecule has 27 heavy (non-hydrogen) atoms. The van der Waals surface area contributed by atoms with Gasteiger partial charge < -0.3 is 9.64 Å². The molecule has 1 saturated carbocycles. The molecule has 2 aliphatic rings. The molecule has 2 heterocycles. The number of benzene rings is 1. The summed E-state index contributed by atoms with van der Waals surface area (Å²) < 4.78 is 5.58. The number of ether oxygens (including phenoxy) is 1. The summed E-state index contributed by atoms with van der Waals surface area (Å²) in [6.07, 6.45) is 3.46. The summed E-state index contributed by atoms with van der Waals surface area (Å²) in [5.41, 5.74) is 2.26. The lowest BCUT2D eigenvalue weighted by molar-refractivity contribution is -0.141. The zero-order chi connectivity index (χ0) is 19.0. The highest BCUT2D eigenvalue weighted by Gasteiger charge is 2.30. The number of hydrogen-bond acceptors (Lipinski definition) is 4. The molecule has 4 rings (SSSR count). The van der Waals surface area contributed by atoms with Crippen molar-refractivity contribution in [3.63, 3.8) is 0 Å². The van der Waals surface area contributed by atoms with Crippen molar-refractivity contribution in [3.05, 3.63) is 41.6 Å². The summed E-state index contributed by atoms with van der Waals surface area (Å²) in [4.78, 5) is 32.0.